The molecular weight excluding hydrogens is 244 g/mol. The van der Waals surface area contributed by atoms with E-state index in [4.69, 9.17) is 4.74 Å². The summed E-state index contributed by atoms with van der Waals surface area (Å²) in [6.45, 7) is 5.82. The third-order valence-corrected chi connectivity index (χ3v) is 4.56. The Morgan fingerprint density at radius 2 is 1.94 bits per heavy atom. The maximum absolute atomic E-state index is 12.6. The van der Waals surface area contributed by atoms with E-state index in [-0.39, 0.29) is 11.4 Å². The fourth-order valence-electron chi connectivity index (χ4n) is 2.63. The molecule has 18 heavy (non-hydrogen) atoms. The van der Waals surface area contributed by atoms with E-state index in [0.29, 0.717) is 0 Å². The highest BCUT2D eigenvalue weighted by molar-refractivity contribution is 7.10. The average Bonchev–Trinajstić information content (AvgIpc) is 2.81. The van der Waals surface area contributed by atoms with Crippen LogP contribution >= 0.6 is 11.3 Å². The largest absolute Gasteiger partial charge is 0.459 e. The van der Waals surface area contributed by atoms with Crippen molar-refractivity contribution >= 4 is 17.3 Å². The molecule has 0 atom stereocenters. The molecule has 0 saturated heterocycles. The highest BCUT2D eigenvalue weighted by atomic mass is 32.1. The summed E-state index contributed by atoms with van der Waals surface area (Å²) in [6.07, 6.45) is 5.34. The second kappa shape index (κ2) is 5.04. The zero-order chi connectivity index (χ0) is 13.2. The van der Waals surface area contributed by atoms with Gasteiger partial charge in [-0.1, -0.05) is 25.3 Å². The third kappa shape index (κ3) is 2.77. The molecule has 2 rings (SSSR count). The molecule has 0 spiro atoms. The van der Waals surface area contributed by atoms with Gasteiger partial charge in [-0.25, -0.2) is 0 Å². The fraction of sp³-hybridized carbons (Fsp3) is 0.667. The average molecular weight is 266 g/mol. The first-order chi connectivity index (χ1) is 8.44. The summed E-state index contributed by atoms with van der Waals surface area (Å²) in [4.78, 5) is 13.8. The van der Waals surface area contributed by atoms with Crippen molar-refractivity contribution in [1.29, 1.82) is 0 Å². The van der Waals surface area contributed by atoms with Gasteiger partial charge in [0.2, 0.25) is 0 Å². The molecule has 1 aromatic rings. The summed E-state index contributed by atoms with van der Waals surface area (Å²) in [6, 6.07) is 4.11. The van der Waals surface area contributed by atoms with Gasteiger partial charge in [-0.15, -0.1) is 11.3 Å². The first-order valence-corrected chi connectivity index (χ1v) is 7.59. The molecule has 1 heterocycles. The topological polar surface area (TPSA) is 26.3 Å². The van der Waals surface area contributed by atoms with Crippen LogP contribution in [0.25, 0.3) is 0 Å². The van der Waals surface area contributed by atoms with E-state index in [0.717, 1.165) is 25.7 Å². The van der Waals surface area contributed by atoms with E-state index in [9.17, 15) is 4.79 Å². The summed E-state index contributed by atoms with van der Waals surface area (Å²) in [7, 11) is 0. The lowest BCUT2D eigenvalue weighted by atomic mass is 9.73. The number of hydrogen-bond donors (Lipinski definition) is 0. The Morgan fingerprint density at radius 1 is 1.28 bits per heavy atom. The zero-order valence-electron chi connectivity index (χ0n) is 11.5. The van der Waals surface area contributed by atoms with Crippen molar-refractivity contribution in [2.24, 2.45) is 0 Å². The second-order valence-electron chi connectivity index (χ2n) is 6.12. The number of carbonyl (C=O) groups excluding carboxylic acids is 1. The van der Waals surface area contributed by atoms with Crippen LogP contribution in [0, 0.1) is 0 Å². The third-order valence-electron chi connectivity index (χ3n) is 3.49. The second-order valence-corrected chi connectivity index (χ2v) is 7.07. The van der Waals surface area contributed by atoms with Gasteiger partial charge in [0, 0.05) is 4.88 Å². The van der Waals surface area contributed by atoms with Crippen LogP contribution in [0.15, 0.2) is 17.5 Å². The molecule has 100 valence electrons. The minimum absolute atomic E-state index is 0.0304. The number of rotatable bonds is 2. The lowest BCUT2D eigenvalue weighted by molar-refractivity contribution is -0.163. The molecule has 0 aliphatic heterocycles. The van der Waals surface area contributed by atoms with Gasteiger partial charge in [-0.05, 0) is 45.1 Å². The van der Waals surface area contributed by atoms with Gasteiger partial charge in [0.25, 0.3) is 0 Å². The predicted octanol–water partition coefficient (Wildman–Crippen LogP) is 4.29. The van der Waals surface area contributed by atoms with Crippen molar-refractivity contribution in [1.82, 2.24) is 0 Å². The SMILES string of the molecule is CC(C)(C)OC(=O)C1(c2cccs2)CCCCC1. The summed E-state index contributed by atoms with van der Waals surface area (Å²) < 4.78 is 5.67. The molecule has 1 aliphatic rings. The summed E-state index contributed by atoms with van der Waals surface area (Å²) in [5, 5.41) is 2.05. The normalized spacial score (nSPS) is 19.5. The summed E-state index contributed by atoms with van der Waals surface area (Å²) in [5.74, 6) is -0.0304. The molecule has 1 aliphatic carbocycles. The van der Waals surface area contributed by atoms with Crippen molar-refractivity contribution in [2.75, 3.05) is 0 Å². The number of ether oxygens (including phenoxy) is 1. The molecule has 0 bridgehead atoms. The van der Waals surface area contributed by atoms with Gasteiger partial charge in [-0.3, -0.25) is 4.79 Å². The Morgan fingerprint density at radius 3 is 2.44 bits per heavy atom. The van der Waals surface area contributed by atoms with Gasteiger partial charge in [0.1, 0.15) is 11.0 Å². The van der Waals surface area contributed by atoms with Crippen LogP contribution in [0.5, 0.6) is 0 Å². The Balaban J connectivity index is 2.28. The van der Waals surface area contributed by atoms with E-state index >= 15 is 0 Å². The van der Waals surface area contributed by atoms with E-state index in [1.807, 2.05) is 26.8 Å². The lowest BCUT2D eigenvalue weighted by Gasteiger charge is -2.36. The molecule has 0 amide bonds. The molecule has 3 heteroatoms. The fourth-order valence-corrected chi connectivity index (χ4v) is 3.61. The Labute approximate surface area is 113 Å². The number of thiophene rings is 1. The van der Waals surface area contributed by atoms with Crippen LogP contribution in [0.2, 0.25) is 0 Å². The van der Waals surface area contributed by atoms with E-state index in [2.05, 4.69) is 11.4 Å². The smallest absolute Gasteiger partial charge is 0.317 e. The van der Waals surface area contributed by atoms with Gasteiger partial charge < -0.3 is 4.74 Å². The minimum atomic E-state index is -0.404. The molecule has 1 fully saturated rings. The monoisotopic (exact) mass is 266 g/mol. The highest BCUT2D eigenvalue weighted by Crippen LogP contribution is 2.43. The molecule has 2 nitrogen and oxygen atoms in total. The van der Waals surface area contributed by atoms with E-state index in [1.54, 1.807) is 11.3 Å². The van der Waals surface area contributed by atoms with Crippen LogP contribution < -0.4 is 0 Å². The number of carbonyl (C=O) groups is 1. The van der Waals surface area contributed by atoms with E-state index in [1.165, 1.54) is 11.3 Å². The van der Waals surface area contributed by atoms with Crippen molar-refractivity contribution in [3.05, 3.63) is 22.4 Å². The van der Waals surface area contributed by atoms with Crippen LogP contribution in [0.3, 0.4) is 0 Å². The van der Waals surface area contributed by atoms with Gasteiger partial charge in [0.15, 0.2) is 0 Å². The summed E-state index contributed by atoms with van der Waals surface area (Å²) >= 11 is 1.68. The van der Waals surface area contributed by atoms with Crippen LogP contribution in [-0.4, -0.2) is 11.6 Å². The van der Waals surface area contributed by atoms with Gasteiger partial charge in [0.05, 0.1) is 0 Å². The van der Waals surface area contributed by atoms with Gasteiger partial charge >= 0.3 is 5.97 Å². The maximum atomic E-state index is 12.6. The van der Waals surface area contributed by atoms with Crippen molar-refractivity contribution in [3.8, 4) is 0 Å². The molecule has 0 aromatic carbocycles. The molecule has 1 saturated carbocycles. The molecule has 0 unspecified atom stereocenters. The number of hydrogen-bond acceptors (Lipinski definition) is 3. The highest BCUT2D eigenvalue weighted by Gasteiger charge is 2.44. The molecular formula is C15H22O2S. The van der Waals surface area contributed by atoms with Crippen molar-refractivity contribution in [3.63, 3.8) is 0 Å². The Hall–Kier alpha value is -0.830. The molecule has 1 aromatic heterocycles. The van der Waals surface area contributed by atoms with E-state index < -0.39 is 5.60 Å². The summed E-state index contributed by atoms with van der Waals surface area (Å²) in [5.41, 5.74) is -0.779. The first kappa shape index (κ1) is 13.6. The zero-order valence-corrected chi connectivity index (χ0v) is 12.3. The van der Waals surface area contributed by atoms with Crippen molar-refractivity contribution in [2.45, 2.75) is 63.9 Å². The Bertz CT molecular complexity index is 395. The minimum Gasteiger partial charge on any atom is -0.459 e. The standard InChI is InChI=1S/C15H22O2S/c1-14(2,3)17-13(16)15(9-5-4-6-10-15)12-8-7-11-18-12/h7-8,11H,4-6,9-10H2,1-3H3. The van der Waals surface area contributed by atoms with Crippen LogP contribution in [0.4, 0.5) is 0 Å². The van der Waals surface area contributed by atoms with Gasteiger partial charge in [-0.2, -0.15) is 0 Å². The maximum Gasteiger partial charge on any atom is 0.317 e. The lowest BCUT2D eigenvalue weighted by Crippen LogP contribution is -2.42. The first-order valence-electron chi connectivity index (χ1n) is 6.71. The van der Waals surface area contributed by atoms with Crippen LogP contribution in [0.1, 0.15) is 57.8 Å². The number of esters is 1. The van der Waals surface area contributed by atoms with Crippen molar-refractivity contribution < 1.29 is 9.53 Å². The predicted molar refractivity (Wildman–Crippen MR) is 74.9 cm³/mol. The quantitative estimate of drug-likeness (QED) is 0.746. The van der Waals surface area contributed by atoms with Crippen LogP contribution in [-0.2, 0) is 14.9 Å². The molecule has 0 N–H and O–H groups in total. The Kier molecular flexibility index (Phi) is 3.81. The molecule has 0 radical (unpaired) electrons.